The van der Waals surface area contributed by atoms with Crippen molar-refractivity contribution in [1.29, 1.82) is 0 Å². The van der Waals surface area contributed by atoms with Crippen LogP contribution in [0.25, 0.3) is 10.2 Å². The van der Waals surface area contributed by atoms with Crippen LogP contribution in [0.15, 0.2) is 41.0 Å². The SMILES string of the molecule is CSc1nc2ccc(NC(=O)c3ccncc3F)cc2s1. The number of halogens is 1. The number of hydrogen-bond acceptors (Lipinski definition) is 5. The van der Waals surface area contributed by atoms with E-state index in [0.29, 0.717) is 5.69 Å². The lowest BCUT2D eigenvalue weighted by Gasteiger charge is -2.05. The summed E-state index contributed by atoms with van der Waals surface area (Å²) < 4.78 is 15.5. The maximum absolute atomic E-state index is 13.5. The first-order valence-electron chi connectivity index (χ1n) is 6.03. The lowest BCUT2D eigenvalue weighted by molar-refractivity contribution is 0.102. The van der Waals surface area contributed by atoms with Crippen molar-refractivity contribution < 1.29 is 9.18 Å². The second-order valence-corrected chi connectivity index (χ2v) is 6.26. The summed E-state index contributed by atoms with van der Waals surface area (Å²) in [5, 5.41) is 2.68. The summed E-state index contributed by atoms with van der Waals surface area (Å²) >= 11 is 3.13. The molecule has 4 nitrogen and oxygen atoms in total. The Morgan fingerprint density at radius 2 is 2.24 bits per heavy atom. The highest BCUT2D eigenvalue weighted by Crippen LogP contribution is 2.30. The Labute approximate surface area is 128 Å². The molecule has 1 N–H and O–H groups in total. The van der Waals surface area contributed by atoms with Crippen LogP contribution in [-0.2, 0) is 0 Å². The number of amides is 1. The molecule has 0 radical (unpaired) electrons. The van der Waals surface area contributed by atoms with Gasteiger partial charge in [0.2, 0.25) is 0 Å². The number of carbonyl (C=O) groups excluding carboxylic acids is 1. The highest BCUT2D eigenvalue weighted by atomic mass is 32.2. The number of nitrogens with zero attached hydrogens (tertiary/aromatic N) is 2. The number of thiazole rings is 1. The molecule has 106 valence electrons. The second-order valence-electron chi connectivity index (χ2n) is 4.18. The molecule has 1 amide bonds. The molecule has 0 aliphatic heterocycles. The van der Waals surface area contributed by atoms with Gasteiger partial charge in [-0.15, -0.1) is 11.3 Å². The maximum atomic E-state index is 13.5. The van der Waals surface area contributed by atoms with Crippen LogP contribution in [0.1, 0.15) is 10.4 Å². The van der Waals surface area contributed by atoms with Crippen molar-refractivity contribution in [2.45, 2.75) is 4.34 Å². The van der Waals surface area contributed by atoms with Crippen molar-refractivity contribution in [2.75, 3.05) is 11.6 Å². The number of thioether (sulfide) groups is 1. The zero-order valence-corrected chi connectivity index (χ0v) is 12.6. The van der Waals surface area contributed by atoms with Crippen LogP contribution in [0, 0.1) is 5.82 Å². The summed E-state index contributed by atoms with van der Waals surface area (Å²) in [5.74, 6) is -1.14. The molecular weight excluding hydrogens is 309 g/mol. The van der Waals surface area contributed by atoms with E-state index in [1.54, 1.807) is 29.2 Å². The molecule has 0 aliphatic rings. The van der Waals surface area contributed by atoms with Crippen LogP contribution in [-0.4, -0.2) is 22.1 Å². The van der Waals surface area contributed by atoms with Crippen LogP contribution >= 0.6 is 23.1 Å². The Morgan fingerprint density at radius 3 is 3.00 bits per heavy atom. The Morgan fingerprint density at radius 1 is 1.38 bits per heavy atom. The maximum Gasteiger partial charge on any atom is 0.258 e. The van der Waals surface area contributed by atoms with E-state index in [4.69, 9.17) is 0 Å². The van der Waals surface area contributed by atoms with Crippen LogP contribution in [0.4, 0.5) is 10.1 Å². The summed E-state index contributed by atoms with van der Waals surface area (Å²) in [5.41, 5.74) is 1.47. The molecule has 0 fully saturated rings. The third-order valence-corrected chi connectivity index (χ3v) is 4.82. The molecule has 0 saturated heterocycles. The molecule has 0 atom stereocenters. The van der Waals surface area contributed by atoms with Gasteiger partial charge in [-0.2, -0.15) is 0 Å². The number of fused-ring (bicyclic) bond motifs is 1. The normalized spacial score (nSPS) is 10.8. The summed E-state index contributed by atoms with van der Waals surface area (Å²) in [6.45, 7) is 0. The third-order valence-electron chi connectivity index (χ3n) is 2.82. The predicted octanol–water partition coefficient (Wildman–Crippen LogP) is 3.80. The molecule has 0 aliphatic carbocycles. The zero-order chi connectivity index (χ0) is 14.8. The summed E-state index contributed by atoms with van der Waals surface area (Å²) in [6, 6.07) is 6.78. The molecule has 3 rings (SSSR count). The minimum Gasteiger partial charge on any atom is -0.322 e. The van der Waals surface area contributed by atoms with E-state index >= 15 is 0 Å². The number of aromatic nitrogens is 2. The van der Waals surface area contributed by atoms with Gasteiger partial charge in [0.05, 0.1) is 22.0 Å². The Balaban J connectivity index is 1.87. The van der Waals surface area contributed by atoms with Crippen LogP contribution in [0.5, 0.6) is 0 Å². The van der Waals surface area contributed by atoms with E-state index in [9.17, 15) is 9.18 Å². The van der Waals surface area contributed by atoms with Crippen LogP contribution < -0.4 is 5.32 Å². The molecule has 1 aromatic carbocycles. The van der Waals surface area contributed by atoms with Gasteiger partial charge in [0.1, 0.15) is 0 Å². The number of rotatable bonds is 3. The van der Waals surface area contributed by atoms with Gasteiger partial charge in [-0.3, -0.25) is 9.78 Å². The Hall–Kier alpha value is -1.99. The number of anilines is 1. The van der Waals surface area contributed by atoms with E-state index < -0.39 is 11.7 Å². The van der Waals surface area contributed by atoms with Crippen molar-refractivity contribution in [2.24, 2.45) is 0 Å². The van der Waals surface area contributed by atoms with Crippen LogP contribution in [0.2, 0.25) is 0 Å². The number of benzene rings is 1. The van der Waals surface area contributed by atoms with Gasteiger partial charge in [0.25, 0.3) is 5.91 Å². The molecule has 0 unspecified atom stereocenters. The fourth-order valence-electron chi connectivity index (χ4n) is 1.83. The van der Waals surface area contributed by atoms with Crippen molar-refractivity contribution >= 4 is 44.9 Å². The molecular formula is C14H10FN3OS2. The second kappa shape index (κ2) is 5.79. The monoisotopic (exact) mass is 319 g/mol. The lowest BCUT2D eigenvalue weighted by Crippen LogP contribution is -2.13. The molecule has 0 saturated carbocycles. The minimum atomic E-state index is -0.640. The fourth-order valence-corrected chi connectivity index (χ4v) is 3.35. The molecule has 0 bridgehead atoms. The van der Waals surface area contributed by atoms with E-state index in [2.05, 4.69) is 15.3 Å². The van der Waals surface area contributed by atoms with Crippen molar-refractivity contribution in [3.63, 3.8) is 0 Å². The van der Waals surface area contributed by atoms with Crippen molar-refractivity contribution in [3.8, 4) is 0 Å². The summed E-state index contributed by atoms with van der Waals surface area (Å²) in [4.78, 5) is 20.1. The minimum absolute atomic E-state index is 0.0285. The predicted molar refractivity (Wildman–Crippen MR) is 83.5 cm³/mol. The van der Waals surface area contributed by atoms with E-state index in [0.717, 1.165) is 20.8 Å². The van der Waals surface area contributed by atoms with Gasteiger partial charge >= 0.3 is 0 Å². The van der Waals surface area contributed by atoms with Crippen molar-refractivity contribution in [3.05, 3.63) is 48.0 Å². The highest BCUT2D eigenvalue weighted by molar-refractivity contribution is 8.00. The van der Waals surface area contributed by atoms with Gasteiger partial charge < -0.3 is 5.32 Å². The largest absolute Gasteiger partial charge is 0.322 e. The van der Waals surface area contributed by atoms with Gasteiger partial charge in [-0.25, -0.2) is 9.37 Å². The summed E-state index contributed by atoms with van der Waals surface area (Å²) in [6.07, 6.45) is 4.37. The first-order valence-corrected chi connectivity index (χ1v) is 8.07. The number of carbonyl (C=O) groups is 1. The first-order chi connectivity index (χ1) is 10.2. The van der Waals surface area contributed by atoms with Crippen LogP contribution in [0.3, 0.4) is 0 Å². The Kier molecular flexibility index (Phi) is 3.85. The topological polar surface area (TPSA) is 54.9 Å². The average molecular weight is 319 g/mol. The van der Waals surface area contributed by atoms with Gasteiger partial charge in [0, 0.05) is 11.9 Å². The summed E-state index contributed by atoms with van der Waals surface area (Å²) in [7, 11) is 0. The Bertz CT molecular complexity index is 819. The lowest BCUT2D eigenvalue weighted by atomic mass is 10.2. The smallest absolute Gasteiger partial charge is 0.258 e. The van der Waals surface area contributed by atoms with E-state index in [-0.39, 0.29) is 5.56 Å². The molecule has 0 spiro atoms. The van der Waals surface area contributed by atoms with Gasteiger partial charge in [0.15, 0.2) is 10.2 Å². The standard InChI is InChI=1S/C14H10FN3OS2/c1-20-14-18-11-3-2-8(6-12(11)21-14)17-13(19)9-4-5-16-7-10(9)15/h2-7H,1H3,(H,17,19). The quantitative estimate of drug-likeness (QED) is 0.746. The third kappa shape index (κ3) is 2.88. The number of hydrogen-bond donors (Lipinski definition) is 1. The van der Waals surface area contributed by atoms with Gasteiger partial charge in [-0.1, -0.05) is 11.8 Å². The number of pyridine rings is 1. The van der Waals surface area contributed by atoms with E-state index in [1.807, 2.05) is 18.4 Å². The first kappa shape index (κ1) is 14.0. The molecule has 21 heavy (non-hydrogen) atoms. The zero-order valence-electron chi connectivity index (χ0n) is 11.0. The van der Waals surface area contributed by atoms with Crippen molar-refractivity contribution in [1.82, 2.24) is 9.97 Å². The average Bonchev–Trinajstić information content (AvgIpc) is 2.90. The van der Waals surface area contributed by atoms with Gasteiger partial charge in [-0.05, 0) is 30.5 Å². The highest BCUT2D eigenvalue weighted by Gasteiger charge is 2.12. The molecule has 2 aromatic heterocycles. The molecule has 3 aromatic rings. The van der Waals surface area contributed by atoms with E-state index in [1.165, 1.54) is 12.3 Å². The fraction of sp³-hybridized carbons (Fsp3) is 0.0714. The number of nitrogens with one attached hydrogen (secondary N) is 1. The molecule has 7 heteroatoms. The molecule has 2 heterocycles.